The molecule has 0 spiro atoms. The molecule has 18 heavy (non-hydrogen) atoms. The maximum absolute atomic E-state index is 9.16. The molecule has 1 heterocycles. The standard InChI is InChI=1S/C15H24N2O/c1-12-14(11-18)8-9-15(16-12)17(2)10-13-6-4-3-5-7-13/h8-9,13,18H,3-7,10-11H2,1-2H3. The minimum absolute atomic E-state index is 0.0749. The second kappa shape index (κ2) is 6.19. The van der Waals surface area contributed by atoms with E-state index in [1.807, 2.05) is 19.1 Å². The molecule has 3 heteroatoms. The average Bonchev–Trinajstić information content (AvgIpc) is 2.39. The monoisotopic (exact) mass is 248 g/mol. The lowest BCUT2D eigenvalue weighted by molar-refractivity contribution is 0.280. The molecule has 1 aliphatic carbocycles. The maximum atomic E-state index is 9.16. The zero-order valence-corrected chi connectivity index (χ0v) is 11.5. The Balaban J connectivity index is 1.99. The van der Waals surface area contributed by atoms with Crippen molar-refractivity contribution >= 4 is 5.82 Å². The van der Waals surface area contributed by atoms with Crippen molar-refractivity contribution in [1.29, 1.82) is 0 Å². The van der Waals surface area contributed by atoms with Gasteiger partial charge in [-0.15, -0.1) is 0 Å². The fourth-order valence-electron chi connectivity index (χ4n) is 2.81. The SMILES string of the molecule is Cc1nc(N(C)CC2CCCCC2)ccc1CO. The fraction of sp³-hybridized carbons (Fsp3) is 0.667. The number of aromatic nitrogens is 1. The van der Waals surface area contributed by atoms with E-state index in [-0.39, 0.29) is 6.61 Å². The Morgan fingerprint density at radius 2 is 2.00 bits per heavy atom. The molecule has 1 aliphatic rings. The molecule has 0 atom stereocenters. The molecule has 0 unspecified atom stereocenters. The lowest BCUT2D eigenvalue weighted by Crippen LogP contribution is -2.27. The van der Waals surface area contributed by atoms with E-state index in [2.05, 4.69) is 16.9 Å². The van der Waals surface area contributed by atoms with E-state index >= 15 is 0 Å². The summed E-state index contributed by atoms with van der Waals surface area (Å²) in [4.78, 5) is 6.83. The molecule has 0 radical (unpaired) electrons. The average molecular weight is 248 g/mol. The second-order valence-corrected chi connectivity index (χ2v) is 5.46. The van der Waals surface area contributed by atoms with Crippen LogP contribution in [0.2, 0.25) is 0 Å². The van der Waals surface area contributed by atoms with E-state index in [0.29, 0.717) is 0 Å². The molecule has 2 rings (SSSR count). The lowest BCUT2D eigenvalue weighted by Gasteiger charge is -2.28. The highest BCUT2D eigenvalue weighted by Gasteiger charge is 2.16. The summed E-state index contributed by atoms with van der Waals surface area (Å²) in [6.07, 6.45) is 6.89. The molecule has 1 aromatic heterocycles. The third-order valence-corrected chi connectivity index (χ3v) is 4.00. The van der Waals surface area contributed by atoms with Gasteiger partial charge < -0.3 is 10.0 Å². The molecule has 1 aromatic rings. The maximum Gasteiger partial charge on any atom is 0.128 e. The summed E-state index contributed by atoms with van der Waals surface area (Å²) in [6.45, 7) is 3.14. The van der Waals surface area contributed by atoms with E-state index in [4.69, 9.17) is 5.11 Å². The topological polar surface area (TPSA) is 36.4 Å². The van der Waals surface area contributed by atoms with Crippen LogP contribution in [0.25, 0.3) is 0 Å². The molecule has 0 bridgehead atoms. The van der Waals surface area contributed by atoms with Crippen LogP contribution in [0.5, 0.6) is 0 Å². The molecule has 1 saturated carbocycles. The quantitative estimate of drug-likeness (QED) is 0.890. The molecule has 100 valence electrons. The van der Waals surface area contributed by atoms with Gasteiger partial charge in [-0.25, -0.2) is 4.98 Å². The first kappa shape index (κ1) is 13.3. The van der Waals surface area contributed by atoms with Gasteiger partial charge >= 0.3 is 0 Å². The van der Waals surface area contributed by atoms with Crippen molar-refractivity contribution in [2.24, 2.45) is 5.92 Å². The van der Waals surface area contributed by atoms with Gasteiger partial charge in [0.1, 0.15) is 5.82 Å². The first-order valence-corrected chi connectivity index (χ1v) is 6.99. The van der Waals surface area contributed by atoms with E-state index in [1.54, 1.807) is 0 Å². The minimum atomic E-state index is 0.0749. The van der Waals surface area contributed by atoms with Crippen molar-refractivity contribution in [3.63, 3.8) is 0 Å². The number of aliphatic hydroxyl groups excluding tert-OH is 1. The Labute approximate surface area is 110 Å². The summed E-state index contributed by atoms with van der Waals surface area (Å²) >= 11 is 0. The van der Waals surface area contributed by atoms with Gasteiger partial charge in [0, 0.05) is 19.3 Å². The number of pyridine rings is 1. The highest BCUT2D eigenvalue weighted by atomic mass is 16.3. The zero-order chi connectivity index (χ0) is 13.0. The number of hydrogen-bond donors (Lipinski definition) is 1. The van der Waals surface area contributed by atoms with Gasteiger partial charge in [-0.05, 0) is 37.3 Å². The fourth-order valence-corrected chi connectivity index (χ4v) is 2.81. The van der Waals surface area contributed by atoms with Crippen LogP contribution in [0.15, 0.2) is 12.1 Å². The van der Waals surface area contributed by atoms with E-state index < -0.39 is 0 Å². The molecular weight excluding hydrogens is 224 g/mol. The van der Waals surface area contributed by atoms with Crippen molar-refractivity contribution in [3.05, 3.63) is 23.4 Å². The molecule has 1 fully saturated rings. The molecule has 1 N–H and O–H groups in total. The molecule has 0 aromatic carbocycles. The Morgan fingerprint density at radius 3 is 2.61 bits per heavy atom. The minimum Gasteiger partial charge on any atom is -0.392 e. The first-order valence-electron chi connectivity index (χ1n) is 6.99. The first-order chi connectivity index (χ1) is 8.70. The van der Waals surface area contributed by atoms with Crippen LogP contribution in [0, 0.1) is 12.8 Å². The lowest BCUT2D eigenvalue weighted by atomic mass is 9.89. The number of hydrogen-bond acceptors (Lipinski definition) is 3. The Hall–Kier alpha value is -1.09. The van der Waals surface area contributed by atoms with E-state index in [1.165, 1.54) is 32.1 Å². The Morgan fingerprint density at radius 1 is 1.28 bits per heavy atom. The summed E-state index contributed by atoms with van der Waals surface area (Å²) in [5.74, 6) is 1.85. The van der Waals surface area contributed by atoms with Gasteiger partial charge in [0.15, 0.2) is 0 Å². The number of rotatable bonds is 4. The summed E-state index contributed by atoms with van der Waals surface area (Å²) in [6, 6.07) is 4.00. The molecule has 0 aliphatic heterocycles. The van der Waals surface area contributed by atoms with Gasteiger partial charge in [-0.3, -0.25) is 0 Å². The summed E-state index contributed by atoms with van der Waals surface area (Å²) in [5.41, 5.74) is 1.86. The largest absolute Gasteiger partial charge is 0.392 e. The van der Waals surface area contributed by atoms with Crippen LogP contribution >= 0.6 is 0 Å². The van der Waals surface area contributed by atoms with Crippen LogP contribution in [-0.4, -0.2) is 23.7 Å². The summed E-state index contributed by atoms with van der Waals surface area (Å²) in [5, 5.41) is 9.16. The number of anilines is 1. The van der Waals surface area contributed by atoms with Crippen LogP contribution in [0.3, 0.4) is 0 Å². The molecule has 0 saturated heterocycles. The second-order valence-electron chi connectivity index (χ2n) is 5.46. The normalized spacial score (nSPS) is 16.8. The van der Waals surface area contributed by atoms with Crippen LogP contribution in [-0.2, 0) is 6.61 Å². The number of aliphatic hydroxyl groups is 1. The Kier molecular flexibility index (Phi) is 4.59. The van der Waals surface area contributed by atoms with Crippen LogP contribution in [0.4, 0.5) is 5.82 Å². The van der Waals surface area contributed by atoms with Crippen molar-refractivity contribution in [2.45, 2.75) is 45.6 Å². The van der Waals surface area contributed by atoms with E-state index in [0.717, 1.165) is 29.5 Å². The smallest absolute Gasteiger partial charge is 0.128 e. The van der Waals surface area contributed by atoms with Crippen molar-refractivity contribution in [2.75, 3.05) is 18.5 Å². The van der Waals surface area contributed by atoms with E-state index in [9.17, 15) is 0 Å². The van der Waals surface area contributed by atoms with Gasteiger partial charge in [0.2, 0.25) is 0 Å². The van der Waals surface area contributed by atoms with Crippen LogP contribution < -0.4 is 4.90 Å². The van der Waals surface area contributed by atoms with Gasteiger partial charge in [0.25, 0.3) is 0 Å². The van der Waals surface area contributed by atoms with Crippen molar-refractivity contribution in [1.82, 2.24) is 4.98 Å². The summed E-state index contributed by atoms with van der Waals surface area (Å²) in [7, 11) is 2.12. The molecule has 3 nitrogen and oxygen atoms in total. The number of aryl methyl sites for hydroxylation is 1. The van der Waals surface area contributed by atoms with Gasteiger partial charge in [-0.2, -0.15) is 0 Å². The highest BCUT2D eigenvalue weighted by Crippen LogP contribution is 2.25. The predicted octanol–water partition coefficient (Wildman–Crippen LogP) is 2.90. The predicted molar refractivity (Wildman–Crippen MR) is 74.7 cm³/mol. The highest BCUT2D eigenvalue weighted by molar-refractivity contribution is 5.40. The molecular formula is C15H24N2O. The molecule has 0 amide bonds. The zero-order valence-electron chi connectivity index (χ0n) is 11.5. The van der Waals surface area contributed by atoms with Crippen LogP contribution in [0.1, 0.15) is 43.4 Å². The van der Waals surface area contributed by atoms with Gasteiger partial charge in [-0.1, -0.05) is 25.3 Å². The third-order valence-electron chi connectivity index (χ3n) is 4.00. The van der Waals surface area contributed by atoms with Crippen molar-refractivity contribution < 1.29 is 5.11 Å². The van der Waals surface area contributed by atoms with Gasteiger partial charge in [0.05, 0.1) is 6.61 Å². The third kappa shape index (κ3) is 3.22. The number of nitrogens with zero attached hydrogens (tertiary/aromatic N) is 2. The summed E-state index contributed by atoms with van der Waals surface area (Å²) < 4.78 is 0. The van der Waals surface area contributed by atoms with Crippen molar-refractivity contribution in [3.8, 4) is 0 Å². The Bertz CT molecular complexity index is 386.